The molecule has 65 valence electrons. The number of nitrogens with two attached hydrogens (primary N) is 1. The van der Waals surface area contributed by atoms with E-state index in [-0.39, 0.29) is 12.5 Å². The van der Waals surface area contributed by atoms with Crippen LogP contribution in [-0.2, 0) is 11.3 Å². The van der Waals surface area contributed by atoms with Crippen LogP contribution in [0.15, 0.2) is 30.5 Å². The Labute approximate surface area is 75.8 Å². The van der Waals surface area contributed by atoms with Gasteiger partial charge in [0.25, 0.3) is 0 Å². The van der Waals surface area contributed by atoms with Gasteiger partial charge in [-0.15, -0.1) is 0 Å². The van der Waals surface area contributed by atoms with Crippen LogP contribution in [0.4, 0.5) is 0 Å². The molecule has 0 spiro atoms. The first-order valence-corrected chi connectivity index (χ1v) is 4.00. The zero-order valence-electron chi connectivity index (χ0n) is 7.03. The molecule has 1 amide bonds. The van der Waals surface area contributed by atoms with E-state index in [1.807, 2.05) is 35.0 Å². The van der Waals surface area contributed by atoms with Crippen LogP contribution in [-0.4, -0.2) is 10.5 Å². The first kappa shape index (κ1) is 7.86. The van der Waals surface area contributed by atoms with Crippen molar-refractivity contribution in [2.45, 2.75) is 6.54 Å². The van der Waals surface area contributed by atoms with Crippen molar-refractivity contribution < 1.29 is 4.79 Å². The Balaban J connectivity index is 2.51. The highest BCUT2D eigenvalue weighted by Crippen LogP contribution is 2.13. The van der Waals surface area contributed by atoms with E-state index in [0.29, 0.717) is 0 Å². The summed E-state index contributed by atoms with van der Waals surface area (Å²) in [7, 11) is 0. The second kappa shape index (κ2) is 2.94. The number of hydrogen-bond donors (Lipinski definition) is 1. The Bertz CT molecular complexity index is 445. The Hall–Kier alpha value is -1.77. The van der Waals surface area contributed by atoms with Crippen molar-refractivity contribution in [3.8, 4) is 0 Å². The van der Waals surface area contributed by atoms with E-state index < -0.39 is 0 Å². The van der Waals surface area contributed by atoms with Crippen molar-refractivity contribution in [2.75, 3.05) is 0 Å². The molecule has 0 aliphatic carbocycles. The maximum Gasteiger partial charge on any atom is 0.237 e. The number of aromatic nitrogens is 1. The van der Waals surface area contributed by atoms with Crippen molar-refractivity contribution in [2.24, 2.45) is 5.73 Å². The molecule has 1 radical (unpaired) electrons. The average molecular weight is 173 g/mol. The summed E-state index contributed by atoms with van der Waals surface area (Å²) in [6, 6.07) is 10.6. The van der Waals surface area contributed by atoms with E-state index in [1.54, 1.807) is 0 Å². The molecule has 0 aliphatic rings. The summed E-state index contributed by atoms with van der Waals surface area (Å²) in [6.07, 6.45) is 1.85. The van der Waals surface area contributed by atoms with E-state index in [4.69, 9.17) is 5.73 Å². The molecule has 0 fully saturated rings. The smallest absolute Gasteiger partial charge is 0.237 e. The van der Waals surface area contributed by atoms with E-state index in [1.165, 1.54) is 0 Å². The molecule has 13 heavy (non-hydrogen) atoms. The number of carbonyl (C=O) groups is 1. The van der Waals surface area contributed by atoms with Gasteiger partial charge in [-0.3, -0.25) is 4.79 Å². The molecular weight excluding hydrogens is 164 g/mol. The first-order chi connectivity index (χ1) is 6.27. The summed E-state index contributed by atoms with van der Waals surface area (Å²) in [5.41, 5.74) is 6.09. The molecule has 2 aromatic rings. The highest BCUT2D eigenvalue weighted by Gasteiger charge is 2.01. The minimum absolute atomic E-state index is 0.224. The lowest BCUT2D eigenvalue weighted by molar-refractivity contribution is -0.118. The molecule has 2 N–H and O–H groups in total. The van der Waals surface area contributed by atoms with Gasteiger partial charge in [0.2, 0.25) is 5.91 Å². The third kappa shape index (κ3) is 1.40. The summed E-state index contributed by atoms with van der Waals surface area (Å²) in [4.78, 5) is 10.7. The fraction of sp³-hybridized carbons (Fsp3) is 0.100. The zero-order chi connectivity index (χ0) is 9.26. The van der Waals surface area contributed by atoms with Gasteiger partial charge >= 0.3 is 0 Å². The van der Waals surface area contributed by atoms with Gasteiger partial charge in [-0.05, 0) is 23.6 Å². The fourth-order valence-corrected chi connectivity index (χ4v) is 1.38. The highest BCUT2D eigenvalue weighted by atomic mass is 16.1. The molecule has 0 saturated carbocycles. The van der Waals surface area contributed by atoms with Crippen molar-refractivity contribution in [3.63, 3.8) is 0 Å². The molecule has 3 heteroatoms. The Morgan fingerprint density at radius 1 is 1.54 bits per heavy atom. The molecule has 2 rings (SSSR count). The van der Waals surface area contributed by atoms with Crippen LogP contribution in [0.2, 0.25) is 0 Å². The number of carbonyl (C=O) groups excluding carboxylic acids is 1. The van der Waals surface area contributed by atoms with Gasteiger partial charge in [0, 0.05) is 11.7 Å². The van der Waals surface area contributed by atoms with Crippen LogP contribution >= 0.6 is 0 Å². The summed E-state index contributed by atoms with van der Waals surface area (Å²) >= 11 is 0. The van der Waals surface area contributed by atoms with E-state index >= 15 is 0 Å². The summed E-state index contributed by atoms with van der Waals surface area (Å²) in [6.45, 7) is 0.224. The predicted octanol–water partition coefficient (Wildman–Crippen LogP) is 0.927. The first-order valence-electron chi connectivity index (χ1n) is 4.00. The molecule has 3 nitrogen and oxygen atoms in total. The number of hydrogen-bond acceptors (Lipinski definition) is 1. The standard InChI is InChI=1S/C10H9N2O/c11-10(13)7-12-6-5-8-3-1-2-4-9(8)12/h1,3-6H,7H2,(H2,11,13). The quantitative estimate of drug-likeness (QED) is 0.721. The monoisotopic (exact) mass is 173 g/mol. The molecule has 0 atom stereocenters. The molecule has 0 saturated heterocycles. The Morgan fingerprint density at radius 2 is 2.38 bits per heavy atom. The second-order valence-electron chi connectivity index (χ2n) is 2.89. The van der Waals surface area contributed by atoms with Gasteiger partial charge in [-0.1, -0.05) is 12.1 Å². The van der Waals surface area contributed by atoms with Crippen LogP contribution in [0.5, 0.6) is 0 Å². The molecule has 0 aliphatic heterocycles. The highest BCUT2D eigenvalue weighted by molar-refractivity contribution is 5.82. The number of amides is 1. The SMILES string of the molecule is NC(=O)Cn1ccc2cc[c]cc21. The summed E-state index contributed by atoms with van der Waals surface area (Å²) < 4.78 is 1.81. The minimum Gasteiger partial charge on any atom is -0.368 e. The molecule has 1 aromatic carbocycles. The Morgan fingerprint density at radius 3 is 3.15 bits per heavy atom. The van der Waals surface area contributed by atoms with E-state index in [0.717, 1.165) is 10.9 Å². The van der Waals surface area contributed by atoms with Gasteiger partial charge < -0.3 is 10.3 Å². The molecule has 1 aromatic heterocycles. The summed E-state index contributed by atoms with van der Waals surface area (Å²) in [5, 5.41) is 1.10. The topological polar surface area (TPSA) is 48.0 Å². The summed E-state index contributed by atoms with van der Waals surface area (Å²) in [5.74, 6) is -0.332. The van der Waals surface area contributed by atoms with E-state index in [2.05, 4.69) is 6.07 Å². The van der Waals surface area contributed by atoms with Gasteiger partial charge in [0.15, 0.2) is 0 Å². The number of benzene rings is 1. The number of nitrogens with zero attached hydrogens (tertiary/aromatic N) is 1. The van der Waals surface area contributed by atoms with Crippen LogP contribution < -0.4 is 5.73 Å². The average Bonchev–Trinajstić information content (AvgIpc) is 2.48. The zero-order valence-corrected chi connectivity index (χ0v) is 7.03. The van der Waals surface area contributed by atoms with Crippen LogP contribution in [0.1, 0.15) is 0 Å². The second-order valence-corrected chi connectivity index (χ2v) is 2.89. The number of primary amides is 1. The van der Waals surface area contributed by atoms with Crippen LogP contribution in [0, 0.1) is 6.07 Å². The van der Waals surface area contributed by atoms with E-state index in [9.17, 15) is 4.79 Å². The number of fused-ring (bicyclic) bond motifs is 1. The van der Waals surface area contributed by atoms with Gasteiger partial charge in [0.1, 0.15) is 6.54 Å². The molecular formula is C10H9N2O. The van der Waals surface area contributed by atoms with Gasteiger partial charge in [-0.2, -0.15) is 0 Å². The van der Waals surface area contributed by atoms with Crippen molar-refractivity contribution in [1.29, 1.82) is 0 Å². The predicted molar refractivity (Wildman–Crippen MR) is 50.0 cm³/mol. The number of rotatable bonds is 2. The largest absolute Gasteiger partial charge is 0.368 e. The maximum atomic E-state index is 10.7. The van der Waals surface area contributed by atoms with Gasteiger partial charge in [-0.25, -0.2) is 0 Å². The lowest BCUT2D eigenvalue weighted by atomic mass is 10.2. The Kier molecular flexibility index (Phi) is 1.77. The lowest BCUT2D eigenvalue weighted by Gasteiger charge is -2.00. The van der Waals surface area contributed by atoms with Gasteiger partial charge in [0.05, 0.1) is 0 Å². The molecule has 0 bridgehead atoms. The molecule has 1 heterocycles. The minimum atomic E-state index is -0.332. The maximum absolute atomic E-state index is 10.7. The fourth-order valence-electron chi connectivity index (χ4n) is 1.38. The lowest BCUT2D eigenvalue weighted by Crippen LogP contribution is -2.17. The van der Waals surface area contributed by atoms with Crippen molar-refractivity contribution in [1.82, 2.24) is 4.57 Å². The van der Waals surface area contributed by atoms with Crippen LogP contribution in [0.25, 0.3) is 10.9 Å². The van der Waals surface area contributed by atoms with Crippen molar-refractivity contribution >= 4 is 16.8 Å². The molecule has 0 unspecified atom stereocenters. The third-order valence-corrected chi connectivity index (χ3v) is 1.94. The normalized spacial score (nSPS) is 10.5. The third-order valence-electron chi connectivity index (χ3n) is 1.94. The van der Waals surface area contributed by atoms with Crippen molar-refractivity contribution in [3.05, 3.63) is 36.5 Å². The van der Waals surface area contributed by atoms with Crippen LogP contribution in [0.3, 0.4) is 0 Å².